The van der Waals surface area contributed by atoms with Crippen LogP contribution in [0.5, 0.6) is 5.75 Å². The minimum atomic E-state index is 0.478. The van der Waals surface area contributed by atoms with E-state index < -0.39 is 0 Å². The highest BCUT2D eigenvalue weighted by Crippen LogP contribution is 2.27. The molecule has 2 heteroatoms. The number of benzene rings is 1. The SMILES string of the molecule is Cc1ccc(C(C)C)c(OCC#CC[NH+]2CCCCC2)c1. The van der Waals surface area contributed by atoms with E-state index in [-0.39, 0.29) is 0 Å². The summed E-state index contributed by atoms with van der Waals surface area (Å²) in [6.45, 7) is 10.5. The normalized spacial score (nSPS) is 15.6. The van der Waals surface area contributed by atoms with E-state index in [1.54, 1.807) is 4.90 Å². The monoisotopic (exact) mass is 286 g/mol. The van der Waals surface area contributed by atoms with Crippen LogP contribution >= 0.6 is 0 Å². The van der Waals surface area contributed by atoms with Gasteiger partial charge in [-0.2, -0.15) is 0 Å². The van der Waals surface area contributed by atoms with Gasteiger partial charge in [-0.1, -0.05) is 31.9 Å². The number of ether oxygens (including phenoxy) is 1. The molecule has 0 aromatic heterocycles. The van der Waals surface area contributed by atoms with Crippen LogP contribution in [0.15, 0.2) is 18.2 Å². The summed E-state index contributed by atoms with van der Waals surface area (Å²) in [6, 6.07) is 6.43. The Hall–Kier alpha value is -1.46. The van der Waals surface area contributed by atoms with Crippen molar-refractivity contribution >= 4 is 0 Å². The maximum absolute atomic E-state index is 5.89. The summed E-state index contributed by atoms with van der Waals surface area (Å²) in [5, 5.41) is 0. The fourth-order valence-electron chi connectivity index (χ4n) is 2.82. The van der Waals surface area contributed by atoms with E-state index in [1.165, 1.54) is 43.5 Å². The first-order chi connectivity index (χ1) is 10.2. The molecule has 1 aliphatic rings. The molecule has 1 fully saturated rings. The van der Waals surface area contributed by atoms with Crippen LogP contribution in [0.4, 0.5) is 0 Å². The van der Waals surface area contributed by atoms with Crippen molar-refractivity contribution in [3.8, 4) is 17.6 Å². The molecule has 1 aromatic rings. The quantitative estimate of drug-likeness (QED) is 0.840. The van der Waals surface area contributed by atoms with Gasteiger partial charge in [0.25, 0.3) is 0 Å². The predicted molar refractivity (Wildman–Crippen MR) is 88.0 cm³/mol. The van der Waals surface area contributed by atoms with Gasteiger partial charge in [0.2, 0.25) is 0 Å². The highest BCUT2D eigenvalue weighted by atomic mass is 16.5. The Morgan fingerprint density at radius 3 is 2.62 bits per heavy atom. The maximum Gasteiger partial charge on any atom is 0.149 e. The molecular weight excluding hydrogens is 258 g/mol. The molecule has 0 radical (unpaired) electrons. The Kier molecular flexibility index (Phi) is 6.14. The lowest BCUT2D eigenvalue weighted by Crippen LogP contribution is -3.12. The van der Waals surface area contributed by atoms with E-state index in [0.717, 1.165) is 12.3 Å². The molecule has 2 nitrogen and oxygen atoms in total. The van der Waals surface area contributed by atoms with Crippen LogP contribution in [0.1, 0.15) is 50.2 Å². The fraction of sp³-hybridized carbons (Fsp3) is 0.579. The third-order valence-corrected chi connectivity index (χ3v) is 4.11. The number of likely N-dealkylation sites (tertiary alicyclic amines) is 1. The zero-order chi connectivity index (χ0) is 15.1. The van der Waals surface area contributed by atoms with Gasteiger partial charge >= 0.3 is 0 Å². The lowest BCUT2D eigenvalue weighted by Gasteiger charge is -2.20. The van der Waals surface area contributed by atoms with Gasteiger partial charge in [0.05, 0.1) is 13.1 Å². The number of quaternary nitrogens is 1. The number of piperidine rings is 1. The number of aryl methyl sites for hydroxylation is 1. The zero-order valence-corrected chi connectivity index (χ0v) is 13.7. The summed E-state index contributed by atoms with van der Waals surface area (Å²) in [5.41, 5.74) is 2.50. The van der Waals surface area contributed by atoms with E-state index in [1.807, 2.05) is 0 Å². The van der Waals surface area contributed by atoms with E-state index in [4.69, 9.17) is 4.74 Å². The molecular formula is C19H28NO+. The molecule has 2 rings (SSSR count). The smallest absolute Gasteiger partial charge is 0.149 e. The predicted octanol–water partition coefficient (Wildman–Crippen LogP) is 2.57. The minimum Gasteiger partial charge on any atom is -0.481 e. The average Bonchev–Trinajstić information content (AvgIpc) is 2.48. The fourth-order valence-corrected chi connectivity index (χ4v) is 2.82. The highest BCUT2D eigenvalue weighted by Gasteiger charge is 2.11. The molecule has 1 N–H and O–H groups in total. The Morgan fingerprint density at radius 2 is 1.90 bits per heavy atom. The van der Waals surface area contributed by atoms with Crippen molar-refractivity contribution in [3.05, 3.63) is 29.3 Å². The summed E-state index contributed by atoms with van der Waals surface area (Å²) < 4.78 is 5.89. The van der Waals surface area contributed by atoms with E-state index >= 15 is 0 Å². The maximum atomic E-state index is 5.89. The van der Waals surface area contributed by atoms with Crippen LogP contribution in [0, 0.1) is 18.8 Å². The van der Waals surface area contributed by atoms with Crippen LogP contribution in [-0.4, -0.2) is 26.2 Å². The van der Waals surface area contributed by atoms with E-state index in [9.17, 15) is 0 Å². The lowest BCUT2D eigenvalue weighted by molar-refractivity contribution is -0.897. The molecule has 0 unspecified atom stereocenters. The summed E-state index contributed by atoms with van der Waals surface area (Å²) in [4.78, 5) is 1.63. The van der Waals surface area contributed by atoms with E-state index in [2.05, 4.69) is 50.8 Å². The second kappa shape index (κ2) is 8.10. The highest BCUT2D eigenvalue weighted by molar-refractivity contribution is 5.39. The van der Waals surface area contributed by atoms with Crippen molar-refractivity contribution in [1.82, 2.24) is 0 Å². The molecule has 1 saturated heterocycles. The van der Waals surface area contributed by atoms with Gasteiger partial charge in [-0.05, 0) is 55.2 Å². The summed E-state index contributed by atoms with van der Waals surface area (Å²) in [7, 11) is 0. The molecule has 0 spiro atoms. The van der Waals surface area contributed by atoms with Gasteiger partial charge < -0.3 is 9.64 Å². The number of hydrogen-bond donors (Lipinski definition) is 1. The zero-order valence-electron chi connectivity index (χ0n) is 13.7. The first-order valence-electron chi connectivity index (χ1n) is 8.19. The molecule has 0 amide bonds. The molecule has 1 aliphatic heterocycles. The summed E-state index contributed by atoms with van der Waals surface area (Å²) in [6.07, 6.45) is 4.11. The van der Waals surface area contributed by atoms with Crippen LogP contribution in [-0.2, 0) is 0 Å². The average molecular weight is 286 g/mol. The van der Waals surface area contributed by atoms with Crippen LogP contribution in [0.3, 0.4) is 0 Å². The van der Waals surface area contributed by atoms with Crippen LogP contribution in [0.2, 0.25) is 0 Å². The largest absolute Gasteiger partial charge is 0.481 e. The van der Waals surface area contributed by atoms with E-state index in [0.29, 0.717) is 12.5 Å². The Bertz CT molecular complexity index is 504. The topological polar surface area (TPSA) is 13.7 Å². The molecule has 1 heterocycles. The second-order valence-corrected chi connectivity index (χ2v) is 6.33. The summed E-state index contributed by atoms with van der Waals surface area (Å²) in [5.74, 6) is 7.92. The van der Waals surface area contributed by atoms with Gasteiger partial charge in [0.15, 0.2) is 0 Å². The third-order valence-electron chi connectivity index (χ3n) is 4.11. The van der Waals surface area contributed by atoms with Crippen molar-refractivity contribution in [2.45, 2.75) is 46.0 Å². The van der Waals surface area contributed by atoms with Crippen LogP contribution < -0.4 is 9.64 Å². The first kappa shape index (κ1) is 15.9. The van der Waals surface area contributed by atoms with Gasteiger partial charge in [0, 0.05) is 0 Å². The molecule has 0 atom stereocenters. The lowest BCUT2D eigenvalue weighted by atomic mass is 10.0. The minimum absolute atomic E-state index is 0.478. The summed E-state index contributed by atoms with van der Waals surface area (Å²) >= 11 is 0. The van der Waals surface area contributed by atoms with Crippen LogP contribution in [0.25, 0.3) is 0 Å². The van der Waals surface area contributed by atoms with Crippen molar-refractivity contribution in [2.24, 2.45) is 0 Å². The van der Waals surface area contributed by atoms with Gasteiger partial charge in [0.1, 0.15) is 18.9 Å². The van der Waals surface area contributed by atoms with Gasteiger partial charge in [-0.15, -0.1) is 0 Å². The Labute approximate surface area is 129 Å². The van der Waals surface area contributed by atoms with Crippen molar-refractivity contribution in [2.75, 3.05) is 26.2 Å². The van der Waals surface area contributed by atoms with Crippen molar-refractivity contribution < 1.29 is 9.64 Å². The standard InChI is InChI=1S/C19H27NO/c1-16(2)18-10-9-17(3)15-19(18)21-14-8-7-13-20-11-5-4-6-12-20/h9-10,15-16H,4-6,11-14H2,1-3H3/p+1. The number of nitrogens with one attached hydrogen (secondary N) is 1. The molecule has 0 aliphatic carbocycles. The molecule has 0 bridgehead atoms. The molecule has 1 aromatic carbocycles. The second-order valence-electron chi connectivity index (χ2n) is 6.33. The number of rotatable bonds is 4. The third kappa shape index (κ3) is 5.10. The van der Waals surface area contributed by atoms with Crippen molar-refractivity contribution in [3.63, 3.8) is 0 Å². The molecule has 114 valence electrons. The molecule has 0 saturated carbocycles. The van der Waals surface area contributed by atoms with Crippen molar-refractivity contribution in [1.29, 1.82) is 0 Å². The Balaban J connectivity index is 1.84. The molecule has 21 heavy (non-hydrogen) atoms. The van der Waals surface area contributed by atoms with Gasteiger partial charge in [-0.3, -0.25) is 0 Å². The Morgan fingerprint density at radius 1 is 1.14 bits per heavy atom. The number of hydrogen-bond acceptors (Lipinski definition) is 1. The van der Waals surface area contributed by atoms with Gasteiger partial charge in [-0.25, -0.2) is 0 Å². The first-order valence-corrected chi connectivity index (χ1v) is 8.19.